The van der Waals surface area contributed by atoms with Crippen LogP contribution in [0.5, 0.6) is 5.75 Å². The number of Topliss-reactive ketones (excluding diaryl/α,β-unsaturated/α-hetero) is 1. The molecule has 28 heavy (non-hydrogen) atoms. The zero-order valence-corrected chi connectivity index (χ0v) is 16.5. The molecule has 0 bridgehead atoms. The molecule has 2 aromatic carbocycles. The number of carbonyl (C=O) groups is 1. The fourth-order valence-corrected chi connectivity index (χ4v) is 3.69. The Bertz CT molecular complexity index is 793. The van der Waals surface area contributed by atoms with Gasteiger partial charge in [-0.05, 0) is 54.5 Å². The normalized spacial score (nSPS) is 15.3. The molecule has 0 N–H and O–H groups in total. The van der Waals surface area contributed by atoms with E-state index in [0.29, 0.717) is 18.9 Å². The second-order valence-electron chi connectivity index (χ2n) is 7.34. The highest BCUT2D eigenvalue weighted by molar-refractivity contribution is 5.96. The molecule has 1 aliphatic rings. The number of rotatable bonds is 7. The minimum absolute atomic E-state index is 0.0471. The standard InChI is InChI=1S/C25H28O3/c1-27-24-16-13-21(14-17-24)19-28-25(22-10-6-3-7-11-22)18-23(26)15-12-20-8-4-2-5-9-20/h2,4-5,8-9,13-14,16-17,22,25H,3,6-7,10-11,18-19H2,1H3. The van der Waals surface area contributed by atoms with Crippen LogP contribution in [0.2, 0.25) is 0 Å². The summed E-state index contributed by atoms with van der Waals surface area (Å²) in [6.07, 6.45) is 6.28. The molecule has 0 heterocycles. The fourth-order valence-electron chi connectivity index (χ4n) is 3.69. The highest BCUT2D eigenvalue weighted by atomic mass is 16.5. The number of benzene rings is 2. The minimum atomic E-state index is -0.0695. The van der Waals surface area contributed by atoms with E-state index in [1.165, 1.54) is 19.3 Å². The molecule has 1 fully saturated rings. The monoisotopic (exact) mass is 376 g/mol. The van der Waals surface area contributed by atoms with Crippen molar-refractivity contribution in [1.29, 1.82) is 0 Å². The molecular weight excluding hydrogens is 348 g/mol. The third kappa shape index (κ3) is 6.25. The van der Waals surface area contributed by atoms with Gasteiger partial charge in [0, 0.05) is 12.0 Å². The first-order chi connectivity index (χ1) is 13.7. The van der Waals surface area contributed by atoms with Gasteiger partial charge in [-0.2, -0.15) is 0 Å². The van der Waals surface area contributed by atoms with Crippen molar-refractivity contribution in [2.45, 2.75) is 51.2 Å². The molecule has 0 radical (unpaired) electrons. The molecule has 3 nitrogen and oxygen atoms in total. The third-order valence-electron chi connectivity index (χ3n) is 5.31. The largest absolute Gasteiger partial charge is 0.497 e. The average molecular weight is 376 g/mol. The van der Waals surface area contributed by atoms with Crippen molar-refractivity contribution in [2.24, 2.45) is 5.92 Å². The SMILES string of the molecule is COc1ccc(COC(CC(=O)C#Cc2ccccc2)C2CCCCC2)cc1. The third-order valence-corrected chi connectivity index (χ3v) is 5.31. The van der Waals surface area contributed by atoms with Crippen molar-refractivity contribution in [3.63, 3.8) is 0 Å². The summed E-state index contributed by atoms with van der Waals surface area (Å²) in [5.74, 6) is 6.99. The Balaban J connectivity index is 1.62. The van der Waals surface area contributed by atoms with Gasteiger partial charge >= 0.3 is 0 Å². The Morgan fingerprint density at radius 1 is 1.04 bits per heavy atom. The van der Waals surface area contributed by atoms with Gasteiger partial charge in [0.15, 0.2) is 0 Å². The molecular formula is C25H28O3. The molecule has 3 heteroatoms. The zero-order chi connectivity index (χ0) is 19.6. The van der Waals surface area contributed by atoms with Gasteiger partial charge in [-0.3, -0.25) is 4.79 Å². The van der Waals surface area contributed by atoms with Crippen LogP contribution in [0, 0.1) is 17.8 Å². The Hall–Kier alpha value is -2.57. The van der Waals surface area contributed by atoms with E-state index in [1.54, 1.807) is 7.11 Å². The van der Waals surface area contributed by atoms with E-state index >= 15 is 0 Å². The topological polar surface area (TPSA) is 35.5 Å². The lowest BCUT2D eigenvalue weighted by molar-refractivity contribution is -0.118. The van der Waals surface area contributed by atoms with Gasteiger partial charge in [-0.25, -0.2) is 0 Å². The van der Waals surface area contributed by atoms with Gasteiger partial charge in [0.1, 0.15) is 5.75 Å². The van der Waals surface area contributed by atoms with Gasteiger partial charge in [-0.15, -0.1) is 0 Å². The van der Waals surface area contributed by atoms with Gasteiger partial charge in [0.05, 0.1) is 19.8 Å². The molecule has 0 amide bonds. The molecule has 0 aromatic heterocycles. The molecule has 1 saturated carbocycles. The van der Waals surface area contributed by atoms with Crippen LogP contribution in [0.4, 0.5) is 0 Å². The summed E-state index contributed by atoms with van der Waals surface area (Å²) < 4.78 is 11.4. The molecule has 1 atom stereocenters. The second kappa shape index (κ2) is 10.7. The van der Waals surface area contributed by atoms with E-state index in [0.717, 1.165) is 29.7 Å². The summed E-state index contributed by atoms with van der Waals surface area (Å²) in [7, 11) is 1.66. The van der Waals surface area contributed by atoms with Gasteiger partial charge in [0.2, 0.25) is 5.78 Å². The van der Waals surface area contributed by atoms with Gasteiger partial charge < -0.3 is 9.47 Å². The van der Waals surface area contributed by atoms with Crippen molar-refractivity contribution < 1.29 is 14.3 Å². The Morgan fingerprint density at radius 3 is 2.43 bits per heavy atom. The smallest absolute Gasteiger partial charge is 0.208 e. The van der Waals surface area contributed by atoms with Crippen molar-refractivity contribution >= 4 is 5.78 Å². The predicted octanol–water partition coefficient (Wildman–Crippen LogP) is 5.17. The first-order valence-electron chi connectivity index (χ1n) is 10.1. The molecule has 0 aliphatic heterocycles. The quantitative estimate of drug-likeness (QED) is 0.625. The van der Waals surface area contributed by atoms with Crippen LogP contribution in [0.3, 0.4) is 0 Å². The summed E-state index contributed by atoms with van der Waals surface area (Å²) in [6, 6.07) is 17.5. The second-order valence-corrected chi connectivity index (χ2v) is 7.34. The number of hydrogen-bond acceptors (Lipinski definition) is 3. The van der Waals surface area contributed by atoms with Crippen molar-refractivity contribution in [2.75, 3.05) is 7.11 Å². The Morgan fingerprint density at radius 2 is 1.75 bits per heavy atom. The summed E-state index contributed by atoms with van der Waals surface area (Å²) >= 11 is 0. The van der Waals surface area contributed by atoms with E-state index in [1.807, 2.05) is 54.6 Å². The van der Waals surface area contributed by atoms with Crippen LogP contribution < -0.4 is 4.74 Å². The number of ketones is 1. The van der Waals surface area contributed by atoms with E-state index in [-0.39, 0.29) is 11.9 Å². The lowest BCUT2D eigenvalue weighted by Crippen LogP contribution is -2.28. The Labute approximate surface area is 168 Å². The first-order valence-corrected chi connectivity index (χ1v) is 10.1. The maximum atomic E-state index is 12.5. The summed E-state index contributed by atoms with van der Waals surface area (Å²) in [4.78, 5) is 12.5. The lowest BCUT2D eigenvalue weighted by Gasteiger charge is -2.29. The average Bonchev–Trinajstić information content (AvgIpc) is 2.77. The number of ether oxygens (including phenoxy) is 2. The predicted molar refractivity (Wildman–Crippen MR) is 111 cm³/mol. The minimum Gasteiger partial charge on any atom is -0.497 e. The number of hydrogen-bond donors (Lipinski definition) is 0. The number of carbonyl (C=O) groups excluding carboxylic acids is 1. The highest BCUT2D eigenvalue weighted by Gasteiger charge is 2.26. The lowest BCUT2D eigenvalue weighted by atomic mass is 9.83. The molecule has 3 rings (SSSR count). The summed E-state index contributed by atoms with van der Waals surface area (Å²) in [5.41, 5.74) is 1.95. The molecule has 146 valence electrons. The summed E-state index contributed by atoms with van der Waals surface area (Å²) in [5, 5.41) is 0. The summed E-state index contributed by atoms with van der Waals surface area (Å²) in [6.45, 7) is 0.505. The molecule has 1 unspecified atom stereocenters. The zero-order valence-electron chi connectivity index (χ0n) is 16.5. The van der Waals surface area contributed by atoms with Crippen molar-refractivity contribution in [1.82, 2.24) is 0 Å². The van der Waals surface area contributed by atoms with E-state index < -0.39 is 0 Å². The first kappa shape index (κ1) is 20.2. The van der Waals surface area contributed by atoms with Gasteiger partial charge in [-0.1, -0.05) is 55.5 Å². The fraction of sp³-hybridized carbons (Fsp3) is 0.400. The van der Waals surface area contributed by atoms with E-state index in [9.17, 15) is 4.79 Å². The molecule has 0 spiro atoms. The molecule has 0 saturated heterocycles. The van der Waals surface area contributed by atoms with Crippen LogP contribution in [0.25, 0.3) is 0 Å². The number of methoxy groups -OCH3 is 1. The van der Waals surface area contributed by atoms with E-state index in [2.05, 4.69) is 11.8 Å². The van der Waals surface area contributed by atoms with Crippen LogP contribution in [-0.4, -0.2) is 19.0 Å². The van der Waals surface area contributed by atoms with Crippen molar-refractivity contribution in [3.05, 3.63) is 65.7 Å². The van der Waals surface area contributed by atoms with Gasteiger partial charge in [0.25, 0.3) is 0 Å². The van der Waals surface area contributed by atoms with Crippen LogP contribution in [0.15, 0.2) is 54.6 Å². The van der Waals surface area contributed by atoms with Crippen LogP contribution >= 0.6 is 0 Å². The molecule has 1 aliphatic carbocycles. The molecule has 2 aromatic rings. The maximum absolute atomic E-state index is 12.5. The Kier molecular flexibility index (Phi) is 7.70. The highest BCUT2D eigenvalue weighted by Crippen LogP contribution is 2.30. The van der Waals surface area contributed by atoms with E-state index in [4.69, 9.17) is 9.47 Å². The van der Waals surface area contributed by atoms with Crippen molar-refractivity contribution in [3.8, 4) is 17.6 Å². The van der Waals surface area contributed by atoms with Crippen LogP contribution in [-0.2, 0) is 16.1 Å². The maximum Gasteiger partial charge on any atom is 0.208 e. The van der Waals surface area contributed by atoms with Crippen LogP contribution in [0.1, 0.15) is 49.7 Å².